The fourth-order valence-electron chi connectivity index (χ4n) is 9.58. The van der Waals surface area contributed by atoms with E-state index < -0.39 is 119 Å². The number of hydrogen-bond acceptors (Lipinski definition) is 10. The Bertz CT molecular complexity index is 1770. The SMILES string of the molecule is CCC[Si](C)(C)O[Si](CC[Si](C)(C)O[Si](CC[Si](C)(C)O[Si](CC[Si](C)(C)OC(C)(CC)[SiH2]CCc1ccc(C(C)C)cc1)(O[Si](C)(C)C)O[Si](C)(C)C)(O[Si](C)(C)C)O[Si](C)(C)C)(O[Si](C)(C)C)O[Si](C)(C)C. The highest BCUT2D eigenvalue weighted by molar-refractivity contribution is 6.95. The van der Waals surface area contributed by atoms with E-state index >= 15 is 0 Å². The zero-order valence-corrected chi connectivity index (χ0v) is 68.9. The topological polar surface area (TPSA) is 92.3 Å². The molecule has 438 valence electrons. The molecule has 1 atom stereocenters. The van der Waals surface area contributed by atoms with Gasteiger partial charge in [-0.3, -0.25) is 0 Å². The molecule has 0 saturated carbocycles. The van der Waals surface area contributed by atoms with E-state index in [1.165, 1.54) is 17.2 Å². The van der Waals surface area contributed by atoms with Gasteiger partial charge in [0.15, 0.2) is 83.2 Å². The van der Waals surface area contributed by atoms with Crippen LogP contribution in [0.5, 0.6) is 0 Å². The molecule has 1 unspecified atom stereocenters. The third-order valence-electron chi connectivity index (χ3n) is 12.1. The fourth-order valence-corrected chi connectivity index (χ4v) is 68.8. The Morgan fingerprint density at radius 2 is 0.676 bits per heavy atom. The number of benzene rings is 1. The average molecular weight is 1280 g/mol. The summed E-state index contributed by atoms with van der Waals surface area (Å²) >= 11 is 0. The molecule has 1 aromatic carbocycles. The summed E-state index contributed by atoms with van der Waals surface area (Å²) < 4.78 is 75.1. The van der Waals surface area contributed by atoms with Crippen molar-refractivity contribution in [2.75, 3.05) is 0 Å². The van der Waals surface area contributed by atoms with Gasteiger partial charge in [-0.2, -0.15) is 0 Å². The third-order valence-corrected chi connectivity index (χ3v) is 58.5. The van der Waals surface area contributed by atoms with E-state index in [-0.39, 0.29) is 5.22 Å². The van der Waals surface area contributed by atoms with Crippen molar-refractivity contribution in [2.24, 2.45) is 0 Å². The van der Waals surface area contributed by atoms with Crippen molar-refractivity contribution in [3.05, 3.63) is 35.4 Å². The summed E-state index contributed by atoms with van der Waals surface area (Å²) in [5, 5.41) is -0.0590. The first kappa shape index (κ1) is 73.9. The molecule has 0 aliphatic rings. The lowest BCUT2D eigenvalue weighted by atomic mass is 10.0. The van der Waals surface area contributed by atoms with Crippen LogP contribution in [0.25, 0.3) is 0 Å². The molecule has 0 bridgehead atoms. The molecule has 0 heterocycles. The van der Waals surface area contributed by atoms with E-state index in [9.17, 15) is 0 Å². The largest absolute Gasteiger partial charge is 0.469 e. The van der Waals surface area contributed by atoms with Crippen LogP contribution in [0, 0.1) is 0 Å². The minimum absolute atomic E-state index is 0.0590. The van der Waals surface area contributed by atoms with Crippen LogP contribution in [0.15, 0.2) is 24.3 Å². The van der Waals surface area contributed by atoms with E-state index in [2.05, 4.69) is 229 Å². The second-order valence-corrected chi connectivity index (χ2v) is 87.9. The fraction of sp³-hybridized carbons (Fsp3) is 0.880. The van der Waals surface area contributed by atoms with Crippen LogP contribution in [0.2, 0.25) is 219 Å². The standard InChI is InChI=1S/C50H122O10Si14/c1-32-40-69(26,27)58-73(54-64(12,13)14,55-65(15,16)17)45-42-71(30,31)60-74(56-66(18,19)20,57-67(21,22)23)46-43-70(28,29)59-72(52-62(6,7)8,53-63(9,10)11)44-41-68(24,25)51-50(5,33-2)61-39-38-48-34-36-49(37-35-48)47(3)4/h34-37,47H,32-33,38-46,61H2,1-31H3. The molecule has 1 rings (SSSR count). The molecule has 1 aromatic rings. The average Bonchev–Trinajstić information content (AvgIpc) is 3.11. The van der Waals surface area contributed by atoms with E-state index in [0.29, 0.717) is 12.0 Å². The van der Waals surface area contributed by atoms with Crippen molar-refractivity contribution in [3.63, 3.8) is 0 Å². The highest BCUT2D eigenvalue weighted by Crippen LogP contribution is 2.40. The lowest BCUT2D eigenvalue weighted by molar-refractivity contribution is 0.156. The van der Waals surface area contributed by atoms with Gasteiger partial charge in [0.2, 0.25) is 0 Å². The molecule has 74 heavy (non-hydrogen) atoms. The van der Waals surface area contributed by atoms with E-state index in [0.717, 1.165) is 55.5 Å². The molecule has 0 aliphatic carbocycles. The van der Waals surface area contributed by atoms with Crippen LogP contribution in [0.1, 0.15) is 64.5 Å². The molecular weight excluding hydrogens is 1150 g/mol. The van der Waals surface area contributed by atoms with Gasteiger partial charge in [-0.25, -0.2) is 0 Å². The van der Waals surface area contributed by atoms with Gasteiger partial charge in [0.05, 0.1) is 9.52 Å². The first-order valence-corrected chi connectivity index (χ1v) is 69.2. The van der Waals surface area contributed by atoms with Crippen molar-refractivity contribution >= 4 is 119 Å². The smallest absolute Gasteiger partial charge is 0.417 e. The highest BCUT2D eigenvalue weighted by Gasteiger charge is 2.57. The minimum atomic E-state index is -3.35. The monoisotopic (exact) mass is 1270 g/mol. The molecule has 0 radical (unpaired) electrons. The predicted molar refractivity (Wildman–Crippen MR) is 358 cm³/mol. The van der Waals surface area contributed by atoms with Crippen LogP contribution in [0.4, 0.5) is 0 Å². The molecule has 0 aliphatic heterocycles. The molecule has 0 spiro atoms. The second kappa shape index (κ2) is 28.0. The summed E-state index contributed by atoms with van der Waals surface area (Å²) in [5.74, 6) is 0.555. The van der Waals surface area contributed by atoms with Crippen LogP contribution < -0.4 is 0 Å². The Kier molecular flexibility index (Phi) is 27.9. The maximum atomic E-state index is 7.84. The number of rotatable bonds is 37. The summed E-state index contributed by atoms with van der Waals surface area (Å²) in [6.07, 6.45) is 3.26. The van der Waals surface area contributed by atoms with Gasteiger partial charge in [-0.05, 0) is 231 Å². The number of aryl methyl sites for hydroxylation is 1. The van der Waals surface area contributed by atoms with Crippen molar-refractivity contribution in [1.82, 2.24) is 0 Å². The first-order chi connectivity index (χ1) is 32.7. The van der Waals surface area contributed by atoms with Crippen molar-refractivity contribution in [2.45, 2.75) is 284 Å². The van der Waals surface area contributed by atoms with E-state index in [4.69, 9.17) is 41.5 Å². The maximum absolute atomic E-state index is 7.84. The van der Waals surface area contributed by atoms with Crippen molar-refractivity contribution in [3.8, 4) is 0 Å². The van der Waals surface area contributed by atoms with Crippen LogP contribution >= 0.6 is 0 Å². The Labute approximate surface area is 475 Å². The zero-order valence-electron chi connectivity index (χ0n) is 54.5. The lowest BCUT2D eigenvalue weighted by Gasteiger charge is -2.47. The summed E-state index contributed by atoms with van der Waals surface area (Å²) in [4.78, 5) is 0. The minimum Gasteiger partial charge on any atom is -0.417 e. The van der Waals surface area contributed by atoms with Gasteiger partial charge in [-0.15, -0.1) is 0 Å². The third kappa shape index (κ3) is 31.9. The lowest BCUT2D eigenvalue weighted by Crippen LogP contribution is -2.64. The van der Waals surface area contributed by atoms with E-state index in [1.54, 1.807) is 0 Å². The first-order valence-electron chi connectivity index (χ1n) is 28.8. The molecule has 0 N–H and O–H groups in total. The zero-order chi connectivity index (χ0) is 58.1. The summed E-state index contributed by atoms with van der Waals surface area (Å²) in [7, 11) is -32.6. The van der Waals surface area contributed by atoms with Crippen LogP contribution in [0.3, 0.4) is 0 Å². The molecular formula is C50H122O10Si14. The quantitative estimate of drug-likeness (QED) is 0.0600. The second-order valence-electron chi connectivity index (χ2n) is 30.6. The van der Waals surface area contributed by atoms with Gasteiger partial charge < -0.3 is 41.5 Å². The van der Waals surface area contributed by atoms with Crippen LogP contribution in [-0.2, 0) is 47.9 Å². The van der Waals surface area contributed by atoms with Gasteiger partial charge in [0, 0.05) is 23.4 Å². The predicted octanol–water partition coefficient (Wildman–Crippen LogP) is 17.3. The normalized spacial score (nSPS) is 16.0. The van der Waals surface area contributed by atoms with Gasteiger partial charge in [0.25, 0.3) is 0 Å². The molecule has 24 heteroatoms. The van der Waals surface area contributed by atoms with Gasteiger partial charge >= 0.3 is 26.4 Å². The maximum Gasteiger partial charge on any atom is 0.469 e. The van der Waals surface area contributed by atoms with Crippen LogP contribution in [-0.4, -0.2) is 124 Å². The molecule has 0 saturated heterocycles. The Morgan fingerprint density at radius 1 is 0.392 bits per heavy atom. The van der Waals surface area contributed by atoms with E-state index in [1.807, 2.05) is 0 Å². The molecule has 10 nitrogen and oxygen atoms in total. The van der Waals surface area contributed by atoms with Crippen molar-refractivity contribution < 1.29 is 41.5 Å². The Morgan fingerprint density at radius 3 is 0.932 bits per heavy atom. The summed E-state index contributed by atoms with van der Waals surface area (Å²) in [5.41, 5.74) is 2.85. The summed E-state index contributed by atoms with van der Waals surface area (Å²) in [6.45, 7) is 71.9. The summed E-state index contributed by atoms with van der Waals surface area (Å²) in [6, 6.07) is 16.5. The molecule has 0 aromatic heterocycles. The molecule has 0 fully saturated rings. The van der Waals surface area contributed by atoms with Crippen molar-refractivity contribution in [1.29, 1.82) is 0 Å². The highest BCUT2D eigenvalue weighted by atomic mass is 28.5. The Balaban J connectivity index is 3.79. The van der Waals surface area contributed by atoms with Gasteiger partial charge in [0.1, 0.15) is 0 Å². The van der Waals surface area contributed by atoms with Gasteiger partial charge in [-0.1, -0.05) is 64.4 Å². The number of hydrogen-bond donors (Lipinski definition) is 0. The molecule has 0 amide bonds. The Hall–Kier alpha value is 1.86.